The van der Waals surface area contributed by atoms with Crippen LogP contribution in [0.2, 0.25) is 0 Å². The topological polar surface area (TPSA) is 76.0 Å². The van der Waals surface area contributed by atoms with E-state index in [4.69, 9.17) is 9.47 Å². The second-order valence-electron chi connectivity index (χ2n) is 10.2. The van der Waals surface area contributed by atoms with E-state index in [-0.39, 0.29) is 37.4 Å². The molecule has 1 aliphatic heterocycles. The summed E-state index contributed by atoms with van der Waals surface area (Å²) in [5.41, 5.74) is 1.31. The number of hydrogen-bond acceptors (Lipinski definition) is 5. The smallest absolute Gasteiger partial charge is 0.157 e. The van der Waals surface area contributed by atoms with Crippen molar-refractivity contribution >= 4 is 5.78 Å². The third kappa shape index (κ3) is 10.5. The molecule has 0 spiro atoms. The predicted molar refractivity (Wildman–Crippen MR) is 141 cm³/mol. The maximum Gasteiger partial charge on any atom is 0.157 e. The molecule has 198 valence electrons. The Bertz CT molecular complexity index is 728. The normalized spacial score (nSPS) is 27.6. The Labute approximate surface area is 212 Å². The van der Waals surface area contributed by atoms with Gasteiger partial charge in [0.1, 0.15) is 5.78 Å². The first-order valence-corrected chi connectivity index (χ1v) is 13.3. The molecule has 1 aromatic carbocycles. The summed E-state index contributed by atoms with van der Waals surface area (Å²) in [6.45, 7) is 2.40. The molecule has 1 heterocycles. The standard InChI is InChI=1S/C29H44O5.CH4/c1-22(30)11-5-2-3-8-14-25-26(28(32)21-27(25)31)19-18-24(34-29-15-9-10-20-33-29)17-16-23-12-6-4-7-13-23;/h3-4,6-8,12-13,24-29,31-32H,2,5,9-11,14-21H2,1H3;1H4/b8-3-;/t24-,25+,26+,27-,28+,29?;/m0./s1. The highest BCUT2D eigenvalue weighted by Gasteiger charge is 2.40. The van der Waals surface area contributed by atoms with Crippen molar-refractivity contribution < 1.29 is 24.5 Å². The van der Waals surface area contributed by atoms with Crippen LogP contribution in [0.1, 0.15) is 90.5 Å². The predicted octanol–water partition coefficient (Wildman–Crippen LogP) is 6.01. The van der Waals surface area contributed by atoms with Gasteiger partial charge in [-0.15, -0.1) is 0 Å². The molecule has 6 atom stereocenters. The number of hydrogen-bond donors (Lipinski definition) is 2. The summed E-state index contributed by atoms with van der Waals surface area (Å²) in [5.74, 6) is 0.372. The SMILES string of the molecule is C.CC(=O)CCC/C=C\C[C@@H]1[C@@H](CC[C@H](CCc2ccccc2)OC2CCCCO2)[C@H](O)C[C@@H]1O. The van der Waals surface area contributed by atoms with Crippen LogP contribution < -0.4 is 0 Å². The molecule has 0 amide bonds. The van der Waals surface area contributed by atoms with Gasteiger partial charge in [0.25, 0.3) is 0 Å². The Morgan fingerprint density at radius 2 is 1.89 bits per heavy atom. The summed E-state index contributed by atoms with van der Waals surface area (Å²) >= 11 is 0. The molecule has 1 unspecified atom stereocenters. The minimum absolute atomic E-state index is 0. The van der Waals surface area contributed by atoms with Crippen molar-refractivity contribution in [3.05, 3.63) is 48.0 Å². The Hall–Kier alpha value is -1.53. The van der Waals surface area contributed by atoms with E-state index in [0.717, 1.165) is 70.8 Å². The number of ketones is 1. The van der Waals surface area contributed by atoms with Crippen LogP contribution in [0.3, 0.4) is 0 Å². The summed E-state index contributed by atoms with van der Waals surface area (Å²) in [7, 11) is 0. The lowest BCUT2D eigenvalue weighted by atomic mass is 9.85. The lowest BCUT2D eigenvalue weighted by Gasteiger charge is -2.30. The number of Topliss-reactive ketones (excluding diaryl/α,β-unsaturated/α-hetero) is 1. The second kappa shape index (κ2) is 16.3. The van der Waals surface area contributed by atoms with Crippen LogP contribution in [-0.2, 0) is 20.7 Å². The molecule has 0 bridgehead atoms. The van der Waals surface area contributed by atoms with E-state index in [1.54, 1.807) is 6.92 Å². The lowest BCUT2D eigenvalue weighted by Crippen LogP contribution is -2.30. The van der Waals surface area contributed by atoms with Gasteiger partial charge in [-0.05, 0) is 95.0 Å². The molecule has 1 aliphatic carbocycles. The van der Waals surface area contributed by atoms with E-state index < -0.39 is 12.2 Å². The number of unbranched alkanes of at least 4 members (excludes halogenated alkanes) is 1. The highest BCUT2D eigenvalue weighted by molar-refractivity contribution is 5.75. The van der Waals surface area contributed by atoms with Crippen molar-refractivity contribution in [1.82, 2.24) is 0 Å². The van der Waals surface area contributed by atoms with Crippen LogP contribution in [0.5, 0.6) is 0 Å². The number of aryl methyl sites for hydroxylation is 1. The highest BCUT2D eigenvalue weighted by atomic mass is 16.7. The molecular formula is C30H48O5. The number of rotatable bonds is 14. The summed E-state index contributed by atoms with van der Waals surface area (Å²) in [4.78, 5) is 11.1. The molecule has 2 N–H and O–H groups in total. The zero-order valence-corrected chi connectivity index (χ0v) is 20.8. The molecule has 35 heavy (non-hydrogen) atoms. The van der Waals surface area contributed by atoms with Crippen molar-refractivity contribution in [2.24, 2.45) is 11.8 Å². The minimum atomic E-state index is -0.466. The Kier molecular flexibility index (Phi) is 13.8. The maximum atomic E-state index is 11.1. The van der Waals surface area contributed by atoms with Gasteiger partial charge in [0, 0.05) is 13.0 Å². The van der Waals surface area contributed by atoms with Gasteiger partial charge in [-0.1, -0.05) is 49.9 Å². The first kappa shape index (κ1) is 29.7. The van der Waals surface area contributed by atoms with Crippen molar-refractivity contribution in [2.75, 3.05) is 6.61 Å². The van der Waals surface area contributed by atoms with Crippen LogP contribution in [0.4, 0.5) is 0 Å². The molecule has 3 rings (SSSR count). The summed E-state index contributed by atoms with van der Waals surface area (Å²) in [6.07, 6.45) is 13.6. The number of allylic oxidation sites excluding steroid dienone is 2. The van der Waals surface area contributed by atoms with Crippen molar-refractivity contribution in [1.29, 1.82) is 0 Å². The van der Waals surface area contributed by atoms with E-state index in [1.165, 1.54) is 5.56 Å². The van der Waals surface area contributed by atoms with E-state index >= 15 is 0 Å². The molecule has 2 fully saturated rings. The van der Waals surface area contributed by atoms with Gasteiger partial charge in [0.2, 0.25) is 0 Å². The van der Waals surface area contributed by atoms with Gasteiger partial charge in [-0.2, -0.15) is 0 Å². The number of aliphatic hydroxyl groups is 2. The van der Waals surface area contributed by atoms with Crippen LogP contribution in [0.15, 0.2) is 42.5 Å². The third-order valence-electron chi connectivity index (χ3n) is 7.40. The molecule has 0 radical (unpaired) electrons. The summed E-state index contributed by atoms with van der Waals surface area (Å²) in [5, 5.41) is 21.3. The van der Waals surface area contributed by atoms with Gasteiger partial charge in [0.05, 0.1) is 18.3 Å². The average molecular weight is 489 g/mol. The molecule has 5 nitrogen and oxygen atoms in total. The number of benzene rings is 1. The van der Waals surface area contributed by atoms with Gasteiger partial charge >= 0.3 is 0 Å². The molecule has 1 aromatic rings. The van der Waals surface area contributed by atoms with Crippen molar-refractivity contribution in [2.45, 2.75) is 116 Å². The average Bonchev–Trinajstić information content (AvgIpc) is 3.11. The first-order valence-electron chi connectivity index (χ1n) is 13.3. The molecular weight excluding hydrogens is 440 g/mol. The van der Waals surface area contributed by atoms with E-state index in [0.29, 0.717) is 12.8 Å². The fraction of sp³-hybridized carbons (Fsp3) is 0.700. The quantitative estimate of drug-likeness (QED) is 0.248. The molecule has 0 aromatic heterocycles. The number of carbonyl (C=O) groups is 1. The zero-order valence-electron chi connectivity index (χ0n) is 20.8. The highest BCUT2D eigenvalue weighted by Crippen LogP contribution is 2.39. The summed E-state index contributed by atoms with van der Waals surface area (Å²) in [6, 6.07) is 10.5. The fourth-order valence-corrected chi connectivity index (χ4v) is 5.41. The molecule has 5 heteroatoms. The van der Waals surface area contributed by atoms with E-state index in [2.05, 4.69) is 36.4 Å². The molecule has 1 saturated heterocycles. The maximum absolute atomic E-state index is 11.1. The monoisotopic (exact) mass is 488 g/mol. The van der Waals surface area contributed by atoms with Gasteiger partial charge < -0.3 is 24.5 Å². The van der Waals surface area contributed by atoms with Crippen molar-refractivity contribution in [3.8, 4) is 0 Å². The van der Waals surface area contributed by atoms with Crippen molar-refractivity contribution in [3.63, 3.8) is 0 Å². The van der Waals surface area contributed by atoms with Gasteiger partial charge in [-0.3, -0.25) is 0 Å². The Morgan fingerprint density at radius 1 is 1.11 bits per heavy atom. The number of ether oxygens (including phenoxy) is 2. The molecule has 2 aliphatic rings. The summed E-state index contributed by atoms with van der Waals surface area (Å²) < 4.78 is 12.3. The fourth-order valence-electron chi connectivity index (χ4n) is 5.41. The molecule has 1 saturated carbocycles. The van der Waals surface area contributed by atoms with Crippen LogP contribution in [0, 0.1) is 11.8 Å². The van der Waals surface area contributed by atoms with Crippen LogP contribution >= 0.6 is 0 Å². The van der Waals surface area contributed by atoms with E-state index in [9.17, 15) is 15.0 Å². The zero-order chi connectivity index (χ0) is 24.2. The number of aliphatic hydroxyl groups excluding tert-OH is 2. The third-order valence-corrected chi connectivity index (χ3v) is 7.40. The van der Waals surface area contributed by atoms with Gasteiger partial charge in [0.15, 0.2) is 6.29 Å². The Balaban J connectivity index is 0.00000432. The van der Waals surface area contributed by atoms with E-state index in [1.807, 2.05) is 6.07 Å². The lowest BCUT2D eigenvalue weighted by molar-refractivity contribution is -0.191. The largest absolute Gasteiger partial charge is 0.393 e. The van der Waals surface area contributed by atoms with Crippen LogP contribution in [0.25, 0.3) is 0 Å². The first-order chi connectivity index (χ1) is 16.5. The Morgan fingerprint density at radius 3 is 2.60 bits per heavy atom. The minimum Gasteiger partial charge on any atom is -0.393 e. The number of carbonyl (C=O) groups excluding carboxylic acids is 1. The van der Waals surface area contributed by atoms with Crippen LogP contribution in [-0.4, -0.2) is 47.2 Å². The van der Waals surface area contributed by atoms with Gasteiger partial charge in [-0.25, -0.2) is 0 Å². The second-order valence-corrected chi connectivity index (χ2v) is 10.2.